The summed E-state index contributed by atoms with van der Waals surface area (Å²) in [4.78, 5) is 12.4. The fourth-order valence-electron chi connectivity index (χ4n) is 2.95. The van der Waals surface area contributed by atoms with Gasteiger partial charge in [-0.3, -0.25) is 0 Å². The summed E-state index contributed by atoms with van der Waals surface area (Å²) in [5.74, 6) is 0.401. The lowest BCUT2D eigenvalue weighted by molar-refractivity contribution is -0.138. The van der Waals surface area contributed by atoms with Gasteiger partial charge in [0.25, 0.3) is 0 Å². The molecule has 0 radical (unpaired) electrons. The topological polar surface area (TPSA) is 35.5 Å². The maximum Gasteiger partial charge on any atom is 0.334 e. The van der Waals surface area contributed by atoms with Crippen molar-refractivity contribution in [2.45, 2.75) is 12.8 Å². The molecule has 2 aromatic rings. The first kappa shape index (κ1) is 14.4. The zero-order valence-electron chi connectivity index (χ0n) is 12.7. The number of hydrogen-bond acceptors (Lipinski definition) is 3. The van der Waals surface area contributed by atoms with Crippen LogP contribution in [0.25, 0.3) is 6.08 Å². The van der Waals surface area contributed by atoms with Crippen LogP contribution in [-0.4, -0.2) is 19.7 Å². The molecule has 0 spiro atoms. The van der Waals surface area contributed by atoms with Gasteiger partial charge in [-0.15, -0.1) is 0 Å². The normalized spacial score (nSPS) is 15.9. The zero-order chi connectivity index (χ0) is 15.5. The van der Waals surface area contributed by atoms with Gasteiger partial charge in [-0.25, -0.2) is 4.79 Å². The number of hydrogen-bond donors (Lipinski definition) is 0. The largest absolute Gasteiger partial charge is 0.496 e. The molecule has 0 saturated carbocycles. The quantitative estimate of drug-likeness (QED) is 0.805. The fourth-order valence-corrected chi connectivity index (χ4v) is 2.95. The molecule has 0 fully saturated rings. The van der Waals surface area contributed by atoms with Crippen molar-refractivity contribution in [3.8, 4) is 5.75 Å². The van der Waals surface area contributed by atoms with Crippen LogP contribution in [0.2, 0.25) is 0 Å². The highest BCUT2D eigenvalue weighted by molar-refractivity contribution is 6.00. The van der Waals surface area contributed by atoms with Crippen molar-refractivity contribution in [3.05, 3.63) is 70.8 Å². The van der Waals surface area contributed by atoms with Gasteiger partial charge in [0.15, 0.2) is 0 Å². The molecule has 1 aliphatic rings. The van der Waals surface area contributed by atoms with Crippen LogP contribution in [0.15, 0.2) is 54.1 Å². The van der Waals surface area contributed by atoms with Gasteiger partial charge in [0.2, 0.25) is 0 Å². The molecule has 0 heterocycles. The smallest absolute Gasteiger partial charge is 0.334 e. The second-order valence-corrected chi connectivity index (χ2v) is 5.13. The van der Waals surface area contributed by atoms with Crippen LogP contribution in [0, 0.1) is 0 Å². The van der Waals surface area contributed by atoms with E-state index in [1.807, 2.05) is 61.5 Å². The van der Waals surface area contributed by atoms with Gasteiger partial charge in [-0.2, -0.15) is 0 Å². The molecule has 112 valence electrons. The molecule has 0 aromatic heterocycles. The molecule has 0 bridgehead atoms. The van der Waals surface area contributed by atoms with Crippen molar-refractivity contribution in [1.82, 2.24) is 0 Å². The Morgan fingerprint density at radius 1 is 1.09 bits per heavy atom. The molecule has 3 rings (SSSR count). The van der Waals surface area contributed by atoms with Gasteiger partial charge in [-0.05, 0) is 30.2 Å². The Labute approximate surface area is 130 Å². The maximum atomic E-state index is 12.4. The third kappa shape index (κ3) is 2.39. The van der Waals surface area contributed by atoms with Gasteiger partial charge in [0.05, 0.1) is 13.7 Å². The maximum absolute atomic E-state index is 12.4. The van der Waals surface area contributed by atoms with Gasteiger partial charge < -0.3 is 9.47 Å². The van der Waals surface area contributed by atoms with Crippen molar-refractivity contribution < 1.29 is 14.3 Å². The van der Waals surface area contributed by atoms with Crippen LogP contribution < -0.4 is 4.74 Å². The Balaban J connectivity index is 2.14. The van der Waals surface area contributed by atoms with Crippen molar-refractivity contribution in [2.24, 2.45) is 0 Å². The van der Waals surface area contributed by atoms with Gasteiger partial charge in [0, 0.05) is 17.1 Å². The van der Waals surface area contributed by atoms with Crippen molar-refractivity contribution >= 4 is 12.0 Å². The highest BCUT2D eigenvalue weighted by Crippen LogP contribution is 2.44. The number of rotatable bonds is 4. The minimum Gasteiger partial charge on any atom is -0.496 e. The zero-order valence-corrected chi connectivity index (χ0v) is 12.7. The summed E-state index contributed by atoms with van der Waals surface area (Å²) in [6, 6.07) is 15.9. The summed E-state index contributed by atoms with van der Waals surface area (Å²) in [7, 11) is 1.64. The summed E-state index contributed by atoms with van der Waals surface area (Å²) in [5.41, 5.74) is 3.77. The first-order valence-corrected chi connectivity index (χ1v) is 7.36. The molecular weight excluding hydrogens is 276 g/mol. The van der Waals surface area contributed by atoms with Crippen LogP contribution >= 0.6 is 0 Å². The average molecular weight is 294 g/mol. The van der Waals surface area contributed by atoms with E-state index in [1.165, 1.54) is 0 Å². The molecule has 22 heavy (non-hydrogen) atoms. The second kappa shape index (κ2) is 6.06. The first-order chi connectivity index (χ1) is 10.8. The molecule has 1 aliphatic carbocycles. The number of esters is 1. The van der Waals surface area contributed by atoms with Crippen molar-refractivity contribution in [1.29, 1.82) is 0 Å². The van der Waals surface area contributed by atoms with E-state index in [1.54, 1.807) is 7.11 Å². The molecule has 0 aliphatic heterocycles. The molecule has 0 saturated heterocycles. The Morgan fingerprint density at radius 2 is 1.86 bits per heavy atom. The fraction of sp³-hybridized carbons (Fsp3) is 0.211. The number of carbonyl (C=O) groups is 1. The number of ether oxygens (including phenoxy) is 2. The number of carbonyl (C=O) groups excluding carboxylic acids is 1. The minimum absolute atomic E-state index is 0.106. The highest BCUT2D eigenvalue weighted by Gasteiger charge is 2.33. The van der Waals surface area contributed by atoms with Crippen LogP contribution in [0.3, 0.4) is 0 Å². The van der Waals surface area contributed by atoms with E-state index in [-0.39, 0.29) is 11.9 Å². The predicted octanol–water partition coefficient (Wildman–Crippen LogP) is 3.79. The summed E-state index contributed by atoms with van der Waals surface area (Å²) < 4.78 is 10.7. The molecule has 1 atom stereocenters. The number of fused-ring (bicyclic) bond motifs is 1. The lowest BCUT2D eigenvalue weighted by Crippen LogP contribution is -2.13. The predicted molar refractivity (Wildman–Crippen MR) is 85.9 cm³/mol. The van der Waals surface area contributed by atoms with E-state index in [2.05, 4.69) is 0 Å². The highest BCUT2D eigenvalue weighted by atomic mass is 16.5. The Bertz CT molecular complexity index is 717. The molecular formula is C19H18O3. The van der Waals surface area contributed by atoms with E-state index in [9.17, 15) is 4.79 Å². The van der Waals surface area contributed by atoms with Gasteiger partial charge >= 0.3 is 5.97 Å². The number of methoxy groups -OCH3 is 1. The van der Waals surface area contributed by atoms with Gasteiger partial charge in [0.1, 0.15) is 5.75 Å². The molecule has 3 heteroatoms. The van der Waals surface area contributed by atoms with Crippen LogP contribution in [-0.2, 0) is 9.53 Å². The third-order valence-corrected chi connectivity index (χ3v) is 3.89. The second-order valence-electron chi connectivity index (χ2n) is 5.13. The Morgan fingerprint density at radius 3 is 2.55 bits per heavy atom. The SMILES string of the molecule is CCOC(=O)C1=Cc2c(OC)cccc2C1c1ccccc1. The summed E-state index contributed by atoms with van der Waals surface area (Å²) in [5, 5.41) is 0. The monoisotopic (exact) mass is 294 g/mol. The van der Waals surface area contributed by atoms with Gasteiger partial charge in [-0.1, -0.05) is 42.5 Å². The standard InChI is InChI=1S/C19H18O3/c1-3-22-19(20)16-12-15-14(10-7-11-17(15)21-2)18(16)13-8-5-4-6-9-13/h4-12,18H,3H2,1-2H3. The molecule has 2 aromatic carbocycles. The molecule has 3 nitrogen and oxygen atoms in total. The minimum atomic E-state index is -0.269. The van der Waals surface area contributed by atoms with Crippen molar-refractivity contribution in [2.75, 3.05) is 13.7 Å². The molecule has 0 amide bonds. The Kier molecular flexibility index (Phi) is 3.96. The van der Waals surface area contributed by atoms with E-state index in [0.29, 0.717) is 12.2 Å². The van der Waals surface area contributed by atoms with Crippen LogP contribution in [0.1, 0.15) is 29.5 Å². The lowest BCUT2D eigenvalue weighted by atomic mass is 9.88. The summed E-state index contributed by atoms with van der Waals surface area (Å²) >= 11 is 0. The van der Waals surface area contributed by atoms with E-state index in [0.717, 1.165) is 22.4 Å². The summed E-state index contributed by atoms with van der Waals surface area (Å²) in [6.07, 6.45) is 1.89. The first-order valence-electron chi connectivity index (χ1n) is 7.36. The Hall–Kier alpha value is -2.55. The summed E-state index contributed by atoms with van der Waals surface area (Å²) in [6.45, 7) is 2.18. The molecule has 1 unspecified atom stereocenters. The van der Waals surface area contributed by atoms with E-state index >= 15 is 0 Å². The average Bonchev–Trinajstić information content (AvgIpc) is 2.95. The molecule has 0 N–H and O–H groups in total. The van der Waals surface area contributed by atoms with Crippen molar-refractivity contribution in [3.63, 3.8) is 0 Å². The van der Waals surface area contributed by atoms with Crippen LogP contribution in [0.4, 0.5) is 0 Å². The van der Waals surface area contributed by atoms with Crippen LogP contribution in [0.5, 0.6) is 5.75 Å². The van der Waals surface area contributed by atoms with E-state index in [4.69, 9.17) is 9.47 Å². The van der Waals surface area contributed by atoms with E-state index < -0.39 is 0 Å². The third-order valence-electron chi connectivity index (χ3n) is 3.89. The number of benzene rings is 2. The lowest BCUT2D eigenvalue weighted by Gasteiger charge is -2.17.